The highest BCUT2D eigenvalue weighted by molar-refractivity contribution is 6.15. The molecule has 0 fully saturated rings. The SMILES string of the molecule is COc1ccccc1/C=C1\CCCN=C1c1cccnc1. The maximum absolute atomic E-state index is 5.43. The maximum atomic E-state index is 5.43. The minimum atomic E-state index is 0.882. The van der Waals surface area contributed by atoms with E-state index in [0.717, 1.165) is 42.0 Å². The number of aromatic nitrogens is 1. The highest BCUT2D eigenvalue weighted by Crippen LogP contribution is 2.26. The van der Waals surface area contributed by atoms with E-state index in [1.807, 2.05) is 30.5 Å². The fourth-order valence-corrected chi connectivity index (χ4v) is 2.57. The Morgan fingerprint density at radius 3 is 2.86 bits per heavy atom. The summed E-state index contributed by atoms with van der Waals surface area (Å²) in [5, 5.41) is 0. The summed E-state index contributed by atoms with van der Waals surface area (Å²) in [6.07, 6.45) is 7.97. The van der Waals surface area contributed by atoms with Crippen LogP contribution in [0.4, 0.5) is 0 Å². The lowest BCUT2D eigenvalue weighted by molar-refractivity contribution is 0.414. The van der Waals surface area contributed by atoms with Crippen LogP contribution < -0.4 is 4.74 Å². The Balaban J connectivity index is 2.01. The number of hydrogen-bond acceptors (Lipinski definition) is 3. The fraction of sp³-hybridized carbons (Fsp3) is 0.222. The highest BCUT2D eigenvalue weighted by atomic mass is 16.5. The first-order valence-electron chi connectivity index (χ1n) is 7.17. The number of methoxy groups -OCH3 is 1. The Bertz CT molecular complexity index is 675. The van der Waals surface area contributed by atoms with Gasteiger partial charge in [0.2, 0.25) is 0 Å². The Hall–Kier alpha value is -2.42. The van der Waals surface area contributed by atoms with E-state index in [0.29, 0.717) is 0 Å². The van der Waals surface area contributed by atoms with Crippen LogP contribution >= 0.6 is 0 Å². The molecule has 0 N–H and O–H groups in total. The number of hydrogen-bond donors (Lipinski definition) is 0. The Kier molecular flexibility index (Phi) is 4.10. The first kappa shape index (κ1) is 13.6. The lowest BCUT2D eigenvalue weighted by Gasteiger charge is -2.17. The molecule has 1 aromatic carbocycles. The Morgan fingerprint density at radius 1 is 1.14 bits per heavy atom. The number of aliphatic imine (C=N–C) groups is 1. The lowest BCUT2D eigenvalue weighted by Crippen LogP contribution is -2.12. The molecule has 0 atom stereocenters. The number of rotatable bonds is 3. The van der Waals surface area contributed by atoms with Crippen LogP contribution in [0.5, 0.6) is 5.75 Å². The van der Waals surface area contributed by atoms with Crippen LogP contribution in [-0.2, 0) is 0 Å². The summed E-state index contributed by atoms with van der Waals surface area (Å²) in [5.74, 6) is 0.890. The third kappa shape index (κ3) is 3.02. The first-order chi connectivity index (χ1) is 10.4. The van der Waals surface area contributed by atoms with Crippen molar-refractivity contribution in [3.8, 4) is 5.75 Å². The lowest BCUT2D eigenvalue weighted by atomic mass is 9.94. The molecule has 1 aromatic heterocycles. The van der Waals surface area contributed by atoms with Crippen LogP contribution in [0.1, 0.15) is 24.0 Å². The predicted octanol–water partition coefficient (Wildman–Crippen LogP) is 3.76. The number of nitrogens with zero attached hydrogens (tertiary/aromatic N) is 2. The van der Waals surface area contributed by atoms with Gasteiger partial charge in [-0.3, -0.25) is 9.98 Å². The van der Waals surface area contributed by atoms with Gasteiger partial charge in [-0.15, -0.1) is 0 Å². The molecule has 21 heavy (non-hydrogen) atoms. The maximum Gasteiger partial charge on any atom is 0.126 e. The molecule has 2 aromatic rings. The van der Waals surface area contributed by atoms with Crippen LogP contribution in [0.25, 0.3) is 6.08 Å². The molecule has 1 aliphatic rings. The molecule has 0 amide bonds. The van der Waals surface area contributed by atoms with Gasteiger partial charge in [-0.05, 0) is 42.7 Å². The molecule has 0 unspecified atom stereocenters. The normalized spacial score (nSPS) is 16.6. The molecule has 3 rings (SSSR count). The van der Waals surface area contributed by atoms with E-state index < -0.39 is 0 Å². The van der Waals surface area contributed by atoms with Crippen LogP contribution in [0.15, 0.2) is 59.4 Å². The van der Waals surface area contributed by atoms with Gasteiger partial charge in [-0.25, -0.2) is 0 Å². The van der Waals surface area contributed by atoms with Crippen molar-refractivity contribution < 1.29 is 4.74 Å². The average Bonchev–Trinajstić information content (AvgIpc) is 2.57. The second kappa shape index (κ2) is 6.35. The third-order valence-corrected chi connectivity index (χ3v) is 3.58. The van der Waals surface area contributed by atoms with Crippen molar-refractivity contribution in [1.82, 2.24) is 4.98 Å². The fourth-order valence-electron chi connectivity index (χ4n) is 2.57. The second-order valence-electron chi connectivity index (χ2n) is 4.99. The standard InChI is InChI=1S/C18H18N2O/c1-21-17-9-3-2-6-14(17)12-15-7-5-11-20-18(15)16-8-4-10-19-13-16/h2-4,6,8-10,12-13H,5,7,11H2,1H3/b15-12+. The zero-order chi connectivity index (χ0) is 14.5. The highest BCUT2D eigenvalue weighted by Gasteiger charge is 2.14. The molecule has 0 bridgehead atoms. The molecule has 3 nitrogen and oxygen atoms in total. The van der Waals surface area contributed by atoms with Gasteiger partial charge in [0.15, 0.2) is 0 Å². The molecular formula is C18H18N2O. The van der Waals surface area contributed by atoms with Crippen molar-refractivity contribution in [3.05, 3.63) is 65.5 Å². The molecular weight excluding hydrogens is 260 g/mol. The van der Waals surface area contributed by atoms with Gasteiger partial charge in [-0.1, -0.05) is 18.2 Å². The molecule has 0 aliphatic carbocycles. The zero-order valence-electron chi connectivity index (χ0n) is 12.1. The van der Waals surface area contributed by atoms with E-state index in [1.54, 1.807) is 13.3 Å². The van der Waals surface area contributed by atoms with Gasteiger partial charge in [0, 0.05) is 30.1 Å². The number of ether oxygens (including phenoxy) is 1. The molecule has 3 heteroatoms. The first-order valence-corrected chi connectivity index (χ1v) is 7.17. The number of pyridine rings is 1. The number of benzene rings is 1. The topological polar surface area (TPSA) is 34.5 Å². The minimum Gasteiger partial charge on any atom is -0.496 e. The average molecular weight is 278 g/mol. The summed E-state index contributed by atoms with van der Waals surface area (Å²) in [6.45, 7) is 0.882. The largest absolute Gasteiger partial charge is 0.496 e. The van der Waals surface area contributed by atoms with E-state index >= 15 is 0 Å². The van der Waals surface area contributed by atoms with E-state index in [4.69, 9.17) is 9.73 Å². The van der Waals surface area contributed by atoms with E-state index in [-0.39, 0.29) is 0 Å². The van der Waals surface area contributed by atoms with Gasteiger partial charge in [0.05, 0.1) is 12.8 Å². The van der Waals surface area contributed by atoms with Crippen molar-refractivity contribution in [1.29, 1.82) is 0 Å². The van der Waals surface area contributed by atoms with E-state index in [1.165, 1.54) is 5.57 Å². The zero-order valence-corrected chi connectivity index (χ0v) is 12.1. The molecule has 2 heterocycles. The van der Waals surface area contributed by atoms with Crippen molar-refractivity contribution in [2.24, 2.45) is 4.99 Å². The number of allylic oxidation sites excluding steroid dienone is 1. The van der Waals surface area contributed by atoms with Gasteiger partial charge in [0.25, 0.3) is 0 Å². The van der Waals surface area contributed by atoms with Gasteiger partial charge < -0.3 is 4.74 Å². The van der Waals surface area contributed by atoms with Crippen molar-refractivity contribution in [3.63, 3.8) is 0 Å². The Morgan fingerprint density at radius 2 is 2.05 bits per heavy atom. The van der Waals surface area contributed by atoms with E-state index in [9.17, 15) is 0 Å². The van der Waals surface area contributed by atoms with Gasteiger partial charge in [-0.2, -0.15) is 0 Å². The molecule has 106 valence electrons. The van der Waals surface area contributed by atoms with Crippen LogP contribution in [-0.4, -0.2) is 24.4 Å². The van der Waals surface area contributed by atoms with Crippen LogP contribution in [0, 0.1) is 0 Å². The second-order valence-corrected chi connectivity index (χ2v) is 4.99. The molecule has 0 saturated carbocycles. The van der Waals surface area contributed by atoms with Crippen LogP contribution in [0.2, 0.25) is 0 Å². The quantitative estimate of drug-likeness (QED) is 0.856. The summed E-state index contributed by atoms with van der Waals surface area (Å²) in [7, 11) is 1.70. The summed E-state index contributed by atoms with van der Waals surface area (Å²) in [4.78, 5) is 8.90. The Labute approximate surface area is 125 Å². The summed E-state index contributed by atoms with van der Waals surface area (Å²) in [5.41, 5.74) is 4.48. The van der Waals surface area contributed by atoms with Crippen molar-refractivity contribution in [2.45, 2.75) is 12.8 Å². The summed E-state index contributed by atoms with van der Waals surface area (Å²) in [6, 6.07) is 12.1. The van der Waals surface area contributed by atoms with Crippen molar-refractivity contribution in [2.75, 3.05) is 13.7 Å². The molecule has 0 spiro atoms. The molecule has 1 aliphatic heterocycles. The predicted molar refractivity (Wildman–Crippen MR) is 85.8 cm³/mol. The monoisotopic (exact) mass is 278 g/mol. The summed E-state index contributed by atoms with van der Waals surface area (Å²) >= 11 is 0. The van der Waals surface area contributed by atoms with E-state index in [2.05, 4.69) is 23.2 Å². The van der Waals surface area contributed by atoms with Gasteiger partial charge in [0.1, 0.15) is 5.75 Å². The third-order valence-electron chi connectivity index (χ3n) is 3.58. The van der Waals surface area contributed by atoms with Crippen molar-refractivity contribution >= 4 is 11.8 Å². The van der Waals surface area contributed by atoms with Crippen LogP contribution in [0.3, 0.4) is 0 Å². The molecule has 0 radical (unpaired) electrons. The molecule has 0 saturated heterocycles. The summed E-state index contributed by atoms with van der Waals surface area (Å²) < 4.78 is 5.43. The smallest absolute Gasteiger partial charge is 0.126 e. The number of para-hydroxylation sites is 1. The minimum absolute atomic E-state index is 0.882. The van der Waals surface area contributed by atoms with Gasteiger partial charge >= 0.3 is 0 Å².